The zero-order chi connectivity index (χ0) is 23.3. The fraction of sp³-hybridized carbons (Fsp3) is 0.292. The van der Waals surface area contributed by atoms with Gasteiger partial charge in [0.15, 0.2) is 0 Å². The van der Waals surface area contributed by atoms with Crippen LogP contribution in [0.3, 0.4) is 0 Å². The summed E-state index contributed by atoms with van der Waals surface area (Å²) >= 11 is 0. The lowest BCUT2D eigenvalue weighted by molar-refractivity contribution is -0.136. The van der Waals surface area contributed by atoms with Gasteiger partial charge in [0.2, 0.25) is 11.8 Å². The molecule has 2 aromatic carbocycles. The number of aliphatic imine (C=N–C) groups is 1. The lowest BCUT2D eigenvalue weighted by Crippen LogP contribution is -2.41. The number of imide groups is 1. The molecule has 166 valence electrons. The number of amides is 4. The van der Waals surface area contributed by atoms with Crippen LogP contribution in [0.2, 0.25) is 0 Å². The van der Waals surface area contributed by atoms with Gasteiger partial charge in [0.25, 0.3) is 11.8 Å². The van der Waals surface area contributed by atoms with Crippen LogP contribution in [0, 0.1) is 12.8 Å². The van der Waals surface area contributed by atoms with Crippen LogP contribution < -0.4 is 16.4 Å². The van der Waals surface area contributed by atoms with Crippen molar-refractivity contribution in [2.75, 3.05) is 0 Å². The summed E-state index contributed by atoms with van der Waals surface area (Å²) < 4.78 is 0. The number of carbonyl (C=O) groups excluding carboxylic acids is 4. The molecule has 0 spiro atoms. The summed E-state index contributed by atoms with van der Waals surface area (Å²) in [6.45, 7) is 3.94. The maximum atomic E-state index is 12.3. The minimum absolute atomic E-state index is 0.215. The Morgan fingerprint density at radius 2 is 1.88 bits per heavy atom. The highest BCUT2D eigenvalue weighted by Gasteiger charge is 2.27. The molecule has 8 heteroatoms. The van der Waals surface area contributed by atoms with Gasteiger partial charge in [-0.25, -0.2) is 0 Å². The first-order valence-electron chi connectivity index (χ1n) is 10.4. The second-order valence-corrected chi connectivity index (χ2v) is 7.96. The second-order valence-electron chi connectivity index (χ2n) is 7.96. The Morgan fingerprint density at radius 3 is 2.53 bits per heavy atom. The van der Waals surface area contributed by atoms with Crippen molar-refractivity contribution in [3.63, 3.8) is 0 Å². The van der Waals surface area contributed by atoms with Gasteiger partial charge in [0.1, 0.15) is 0 Å². The molecule has 1 aliphatic heterocycles. The van der Waals surface area contributed by atoms with Crippen LogP contribution in [0.1, 0.15) is 58.0 Å². The monoisotopic (exact) mass is 434 g/mol. The van der Waals surface area contributed by atoms with Crippen molar-refractivity contribution in [3.8, 4) is 0 Å². The van der Waals surface area contributed by atoms with E-state index in [0.29, 0.717) is 41.8 Å². The molecule has 0 unspecified atom stereocenters. The third-order valence-electron chi connectivity index (χ3n) is 5.30. The quantitative estimate of drug-likeness (QED) is 0.456. The largest absolute Gasteiger partial charge is 0.366 e. The molecule has 1 aliphatic rings. The second kappa shape index (κ2) is 10.00. The highest BCUT2D eigenvalue weighted by Crippen LogP contribution is 2.23. The molecule has 0 aliphatic carbocycles. The van der Waals surface area contributed by atoms with E-state index < -0.39 is 5.91 Å². The number of piperidine rings is 1. The summed E-state index contributed by atoms with van der Waals surface area (Å²) in [5, 5.41) is 5.16. The maximum Gasteiger partial charge on any atom is 0.251 e. The highest BCUT2D eigenvalue weighted by atomic mass is 16.2. The van der Waals surface area contributed by atoms with E-state index in [0.717, 1.165) is 5.56 Å². The van der Waals surface area contributed by atoms with Crippen molar-refractivity contribution >= 4 is 35.0 Å². The van der Waals surface area contributed by atoms with Crippen molar-refractivity contribution in [2.45, 2.75) is 39.7 Å². The maximum absolute atomic E-state index is 12.3. The smallest absolute Gasteiger partial charge is 0.251 e. The molecule has 32 heavy (non-hydrogen) atoms. The van der Waals surface area contributed by atoms with Crippen molar-refractivity contribution in [3.05, 3.63) is 64.7 Å². The first-order chi connectivity index (χ1) is 15.2. The SMILES string of the molecule is CC(C[C@@H]1CCC(=O)NC1=O)=Nc1ccc(CNC(=O)c2ccc(C)cc2)cc1C(N)=O. The minimum Gasteiger partial charge on any atom is -0.366 e. The minimum atomic E-state index is -0.635. The number of benzene rings is 2. The molecule has 3 rings (SSSR count). The average Bonchev–Trinajstić information content (AvgIpc) is 2.75. The fourth-order valence-electron chi connectivity index (χ4n) is 3.52. The van der Waals surface area contributed by atoms with Crippen LogP contribution >= 0.6 is 0 Å². The summed E-state index contributed by atoms with van der Waals surface area (Å²) in [7, 11) is 0. The summed E-state index contributed by atoms with van der Waals surface area (Å²) in [5.74, 6) is -1.74. The van der Waals surface area contributed by atoms with Crippen LogP contribution in [0.25, 0.3) is 0 Å². The topological polar surface area (TPSA) is 131 Å². The number of hydrogen-bond acceptors (Lipinski definition) is 5. The third-order valence-corrected chi connectivity index (χ3v) is 5.30. The Hall–Kier alpha value is -3.81. The molecule has 1 heterocycles. The third kappa shape index (κ3) is 5.87. The summed E-state index contributed by atoms with van der Waals surface area (Å²) in [5.41, 5.74) is 9.16. The van der Waals surface area contributed by atoms with Crippen LogP contribution in [-0.4, -0.2) is 29.3 Å². The normalized spacial score (nSPS) is 16.4. The Kier molecular flexibility index (Phi) is 7.14. The van der Waals surface area contributed by atoms with Gasteiger partial charge in [-0.3, -0.25) is 29.5 Å². The van der Waals surface area contributed by atoms with Gasteiger partial charge in [-0.1, -0.05) is 23.8 Å². The number of nitrogens with zero attached hydrogens (tertiary/aromatic N) is 1. The van der Waals surface area contributed by atoms with E-state index in [-0.39, 0.29) is 35.7 Å². The zero-order valence-electron chi connectivity index (χ0n) is 18.1. The molecule has 0 saturated carbocycles. The van der Waals surface area contributed by atoms with E-state index in [4.69, 9.17) is 5.73 Å². The van der Waals surface area contributed by atoms with E-state index in [1.807, 2.05) is 19.1 Å². The molecule has 0 radical (unpaired) electrons. The predicted molar refractivity (Wildman–Crippen MR) is 121 cm³/mol. The van der Waals surface area contributed by atoms with Gasteiger partial charge in [-0.05, 0) is 56.5 Å². The number of hydrogen-bond donors (Lipinski definition) is 3. The molecule has 8 nitrogen and oxygen atoms in total. The van der Waals surface area contributed by atoms with Gasteiger partial charge in [-0.2, -0.15) is 0 Å². The Bertz CT molecular complexity index is 1090. The molecular formula is C24H26N4O4. The van der Waals surface area contributed by atoms with E-state index in [2.05, 4.69) is 15.6 Å². The number of nitrogens with one attached hydrogen (secondary N) is 2. The van der Waals surface area contributed by atoms with E-state index >= 15 is 0 Å². The molecule has 4 N–H and O–H groups in total. The molecule has 1 saturated heterocycles. The van der Waals surface area contributed by atoms with Crippen LogP contribution in [0.5, 0.6) is 0 Å². The highest BCUT2D eigenvalue weighted by molar-refractivity contribution is 6.02. The zero-order valence-corrected chi connectivity index (χ0v) is 18.1. The Balaban J connectivity index is 1.70. The van der Waals surface area contributed by atoms with Crippen molar-refractivity contribution in [2.24, 2.45) is 16.6 Å². The number of carbonyl (C=O) groups is 4. The Morgan fingerprint density at radius 1 is 1.16 bits per heavy atom. The van der Waals surface area contributed by atoms with Gasteiger partial charge < -0.3 is 11.1 Å². The summed E-state index contributed by atoms with van der Waals surface area (Å²) in [6, 6.07) is 12.3. The number of aryl methyl sites for hydroxylation is 1. The van der Waals surface area contributed by atoms with Crippen LogP contribution in [0.4, 0.5) is 5.69 Å². The van der Waals surface area contributed by atoms with E-state index in [1.54, 1.807) is 37.3 Å². The van der Waals surface area contributed by atoms with Crippen LogP contribution in [-0.2, 0) is 16.1 Å². The molecule has 1 fully saturated rings. The summed E-state index contributed by atoms with van der Waals surface area (Å²) in [6.07, 6.45) is 1.16. The van der Waals surface area contributed by atoms with E-state index in [1.165, 1.54) is 0 Å². The standard InChI is InChI=1S/C24H26N4O4/c1-14-3-6-17(7-4-14)23(31)26-13-16-5-9-20(19(12-16)22(25)30)27-15(2)11-18-8-10-21(29)28-24(18)32/h3-7,9,12,18H,8,10-11,13H2,1-2H3,(H2,25,30)(H,26,31)(H,28,29,32)/t18-/m0/s1. The van der Waals surface area contributed by atoms with Crippen molar-refractivity contribution in [1.29, 1.82) is 0 Å². The average molecular weight is 434 g/mol. The molecular weight excluding hydrogens is 408 g/mol. The molecule has 4 amide bonds. The van der Waals surface area contributed by atoms with Gasteiger partial charge in [0.05, 0.1) is 11.3 Å². The van der Waals surface area contributed by atoms with Crippen molar-refractivity contribution in [1.82, 2.24) is 10.6 Å². The molecule has 0 aromatic heterocycles. The molecule has 1 atom stereocenters. The first-order valence-corrected chi connectivity index (χ1v) is 10.4. The predicted octanol–water partition coefficient (Wildman–Crippen LogP) is 2.56. The summed E-state index contributed by atoms with van der Waals surface area (Å²) in [4.78, 5) is 52.1. The van der Waals surface area contributed by atoms with Gasteiger partial charge >= 0.3 is 0 Å². The molecule has 2 aromatic rings. The lowest BCUT2D eigenvalue weighted by atomic mass is 9.93. The first kappa shape index (κ1) is 22.9. The van der Waals surface area contributed by atoms with Gasteiger partial charge in [0, 0.05) is 30.2 Å². The van der Waals surface area contributed by atoms with Crippen molar-refractivity contribution < 1.29 is 19.2 Å². The van der Waals surface area contributed by atoms with Gasteiger partial charge in [-0.15, -0.1) is 0 Å². The van der Waals surface area contributed by atoms with Crippen LogP contribution in [0.15, 0.2) is 47.5 Å². The number of primary amides is 1. The molecule has 0 bridgehead atoms. The number of rotatable bonds is 7. The fourth-order valence-corrected chi connectivity index (χ4v) is 3.52. The van der Waals surface area contributed by atoms with E-state index in [9.17, 15) is 19.2 Å². The Labute approximate surface area is 186 Å². The number of nitrogens with two attached hydrogens (primary N) is 1. The lowest BCUT2D eigenvalue weighted by Gasteiger charge is -2.20.